The fraction of sp³-hybridized carbons (Fsp3) is 0.600. The molecule has 1 aromatic carbocycles. The molecule has 1 aliphatic heterocycles. The van der Waals surface area contributed by atoms with Crippen LogP contribution in [0.3, 0.4) is 0 Å². The van der Waals surface area contributed by atoms with Gasteiger partial charge in [0.05, 0.1) is 7.11 Å². The molecule has 1 N–H and O–H groups in total. The zero-order valence-corrected chi connectivity index (χ0v) is 12.6. The molecule has 2 rings (SSSR count). The lowest BCUT2D eigenvalue weighted by molar-refractivity contribution is 0.184. The molecule has 0 radical (unpaired) electrons. The number of para-hydroxylation sites is 1. The van der Waals surface area contributed by atoms with E-state index >= 15 is 0 Å². The van der Waals surface area contributed by atoms with E-state index in [1.807, 2.05) is 24.9 Å². The van der Waals surface area contributed by atoms with Crippen LogP contribution in [0.5, 0.6) is 11.5 Å². The van der Waals surface area contributed by atoms with Gasteiger partial charge in [-0.3, -0.25) is 0 Å². The van der Waals surface area contributed by atoms with Crippen molar-refractivity contribution in [2.75, 3.05) is 32.2 Å². The molecule has 0 aliphatic carbocycles. The second-order valence-electron chi connectivity index (χ2n) is 4.73. The number of ether oxygens (including phenoxy) is 2. The number of rotatable bonds is 6. The molecule has 1 fully saturated rings. The second-order valence-corrected chi connectivity index (χ2v) is 5.96. The van der Waals surface area contributed by atoms with Crippen molar-refractivity contribution < 1.29 is 9.47 Å². The highest BCUT2D eigenvalue weighted by Crippen LogP contribution is 2.33. The normalized spacial score (nSPS) is 16.3. The summed E-state index contributed by atoms with van der Waals surface area (Å²) in [4.78, 5) is 0. The minimum absolute atomic E-state index is 0.342. The summed E-state index contributed by atoms with van der Waals surface area (Å²) in [6.45, 7) is 0.944. The number of methoxy groups -OCH3 is 1. The fourth-order valence-corrected chi connectivity index (χ4v) is 3.38. The average Bonchev–Trinajstić information content (AvgIpc) is 2.46. The third-order valence-electron chi connectivity index (χ3n) is 3.37. The predicted molar refractivity (Wildman–Crippen MR) is 81.6 cm³/mol. The Kier molecular flexibility index (Phi) is 5.86. The van der Waals surface area contributed by atoms with Gasteiger partial charge >= 0.3 is 0 Å². The van der Waals surface area contributed by atoms with E-state index < -0.39 is 0 Å². The molecule has 0 amide bonds. The van der Waals surface area contributed by atoms with Crippen LogP contribution in [0.2, 0.25) is 0 Å². The van der Waals surface area contributed by atoms with E-state index in [0.717, 1.165) is 37.3 Å². The van der Waals surface area contributed by atoms with E-state index in [1.165, 1.54) is 17.1 Å². The number of thioether (sulfide) groups is 1. The van der Waals surface area contributed by atoms with Gasteiger partial charge in [0.2, 0.25) is 0 Å². The van der Waals surface area contributed by atoms with Gasteiger partial charge in [0.25, 0.3) is 0 Å². The summed E-state index contributed by atoms with van der Waals surface area (Å²) in [5.41, 5.74) is 1.21. The molecule has 19 heavy (non-hydrogen) atoms. The summed E-state index contributed by atoms with van der Waals surface area (Å²) in [6.07, 6.45) is 3.57. The molecule has 0 unspecified atom stereocenters. The van der Waals surface area contributed by atoms with Crippen LogP contribution < -0.4 is 14.8 Å². The second kappa shape index (κ2) is 7.65. The minimum Gasteiger partial charge on any atom is -0.493 e. The molecule has 1 saturated heterocycles. The van der Waals surface area contributed by atoms with Crippen LogP contribution in [-0.2, 0) is 6.42 Å². The zero-order chi connectivity index (χ0) is 13.5. The van der Waals surface area contributed by atoms with Crippen molar-refractivity contribution in [1.82, 2.24) is 5.32 Å². The smallest absolute Gasteiger partial charge is 0.163 e. The van der Waals surface area contributed by atoms with Crippen LogP contribution in [0.1, 0.15) is 18.4 Å². The van der Waals surface area contributed by atoms with E-state index in [-0.39, 0.29) is 0 Å². The molecule has 1 aliphatic rings. The Morgan fingerprint density at radius 1 is 1.32 bits per heavy atom. The van der Waals surface area contributed by atoms with Crippen molar-refractivity contribution in [3.63, 3.8) is 0 Å². The summed E-state index contributed by atoms with van der Waals surface area (Å²) in [6, 6.07) is 6.18. The molecule has 0 aromatic heterocycles. The molecular formula is C15H23NO2S. The van der Waals surface area contributed by atoms with Gasteiger partial charge in [-0.05, 0) is 56.0 Å². The minimum atomic E-state index is 0.342. The standard InChI is InChI=1S/C15H23NO2S/c1-16-9-6-12-4-3-5-14(15(12)17-2)18-13-7-10-19-11-8-13/h3-5,13,16H,6-11H2,1-2H3. The van der Waals surface area contributed by atoms with Gasteiger partial charge in [-0.1, -0.05) is 12.1 Å². The third kappa shape index (κ3) is 4.05. The molecule has 0 bridgehead atoms. The fourth-order valence-electron chi connectivity index (χ4n) is 2.32. The van der Waals surface area contributed by atoms with Gasteiger partial charge in [0.1, 0.15) is 6.10 Å². The highest BCUT2D eigenvalue weighted by molar-refractivity contribution is 7.99. The van der Waals surface area contributed by atoms with Gasteiger partial charge in [-0.2, -0.15) is 11.8 Å². The molecule has 106 valence electrons. The molecule has 0 saturated carbocycles. The summed E-state index contributed by atoms with van der Waals surface area (Å²) in [7, 11) is 3.69. The first-order chi connectivity index (χ1) is 9.35. The maximum atomic E-state index is 6.14. The van der Waals surface area contributed by atoms with E-state index in [2.05, 4.69) is 17.4 Å². The number of benzene rings is 1. The van der Waals surface area contributed by atoms with Gasteiger partial charge in [0.15, 0.2) is 11.5 Å². The van der Waals surface area contributed by atoms with Crippen LogP contribution in [-0.4, -0.2) is 38.3 Å². The highest BCUT2D eigenvalue weighted by atomic mass is 32.2. The predicted octanol–water partition coefficient (Wildman–Crippen LogP) is 2.73. The molecule has 3 nitrogen and oxygen atoms in total. The van der Waals surface area contributed by atoms with Crippen molar-refractivity contribution in [2.24, 2.45) is 0 Å². The van der Waals surface area contributed by atoms with Crippen molar-refractivity contribution in [3.8, 4) is 11.5 Å². The van der Waals surface area contributed by atoms with Crippen molar-refractivity contribution in [2.45, 2.75) is 25.4 Å². The Morgan fingerprint density at radius 3 is 2.79 bits per heavy atom. The van der Waals surface area contributed by atoms with E-state index in [1.54, 1.807) is 7.11 Å². The van der Waals surface area contributed by atoms with Crippen LogP contribution in [0.15, 0.2) is 18.2 Å². The molecular weight excluding hydrogens is 258 g/mol. The van der Waals surface area contributed by atoms with E-state index in [0.29, 0.717) is 6.10 Å². The first kappa shape index (κ1) is 14.5. The lowest BCUT2D eigenvalue weighted by atomic mass is 10.1. The SMILES string of the molecule is CNCCc1cccc(OC2CCSCC2)c1OC. The monoisotopic (exact) mass is 281 g/mol. The number of likely N-dealkylation sites (N-methyl/N-ethyl adjacent to an activating group) is 1. The highest BCUT2D eigenvalue weighted by Gasteiger charge is 2.18. The lowest BCUT2D eigenvalue weighted by Crippen LogP contribution is -2.22. The molecule has 1 aromatic rings. The van der Waals surface area contributed by atoms with Gasteiger partial charge in [-0.15, -0.1) is 0 Å². The Labute approximate surface area is 120 Å². The Morgan fingerprint density at radius 2 is 2.11 bits per heavy atom. The number of hydrogen-bond donors (Lipinski definition) is 1. The molecule has 1 heterocycles. The summed E-state index contributed by atoms with van der Waals surface area (Å²) in [5.74, 6) is 4.20. The average molecular weight is 281 g/mol. The van der Waals surface area contributed by atoms with Gasteiger partial charge < -0.3 is 14.8 Å². The first-order valence-corrected chi connectivity index (χ1v) is 8.05. The van der Waals surface area contributed by atoms with E-state index in [4.69, 9.17) is 9.47 Å². The largest absolute Gasteiger partial charge is 0.493 e. The van der Waals surface area contributed by atoms with Crippen LogP contribution in [0, 0.1) is 0 Å². The number of nitrogens with one attached hydrogen (secondary N) is 1. The Balaban J connectivity index is 2.09. The Hall–Kier alpha value is -0.870. The van der Waals surface area contributed by atoms with Crippen LogP contribution >= 0.6 is 11.8 Å². The van der Waals surface area contributed by atoms with Crippen LogP contribution in [0.4, 0.5) is 0 Å². The summed E-state index contributed by atoms with van der Waals surface area (Å²) < 4.78 is 11.7. The van der Waals surface area contributed by atoms with Crippen molar-refractivity contribution in [3.05, 3.63) is 23.8 Å². The van der Waals surface area contributed by atoms with Crippen LogP contribution in [0.25, 0.3) is 0 Å². The topological polar surface area (TPSA) is 30.5 Å². The van der Waals surface area contributed by atoms with Crippen molar-refractivity contribution in [1.29, 1.82) is 0 Å². The maximum Gasteiger partial charge on any atom is 0.163 e. The molecule has 0 atom stereocenters. The van der Waals surface area contributed by atoms with E-state index in [9.17, 15) is 0 Å². The zero-order valence-electron chi connectivity index (χ0n) is 11.8. The third-order valence-corrected chi connectivity index (χ3v) is 4.42. The summed E-state index contributed by atoms with van der Waals surface area (Å²) in [5, 5.41) is 3.17. The first-order valence-electron chi connectivity index (χ1n) is 6.90. The Bertz CT molecular complexity index is 392. The summed E-state index contributed by atoms with van der Waals surface area (Å²) >= 11 is 2.01. The van der Waals surface area contributed by atoms with Gasteiger partial charge in [-0.25, -0.2) is 0 Å². The number of hydrogen-bond acceptors (Lipinski definition) is 4. The molecule has 0 spiro atoms. The van der Waals surface area contributed by atoms with Gasteiger partial charge in [0, 0.05) is 0 Å². The maximum absolute atomic E-state index is 6.14. The lowest BCUT2D eigenvalue weighted by Gasteiger charge is -2.24. The van der Waals surface area contributed by atoms with Crippen molar-refractivity contribution >= 4 is 11.8 Å². The quantitative estimate of drug-likeness (QED) is 0.868. The molecule has 4 heteroatoms.